The molecule has 2 heterocycles. The Morgan fingerprint density at radius 3 is 2.54 bits per heavy atom. The lowest BCUT2D eigenvalue weighted by atomic mass is 10.1. The molecule has 0 amide bonds. The molecule has 1 aliphatic heterocycles. The van der Waals surface area contributed by atoms with Crippen molar-refractivity contribution in [2.24, 2.45) is 0 Å². The van der Waals surface area contributed by atoms with Gasteiger partial charge in [-0.05, 0) is 38.1 Å². The molecule has 0 aliphatic carbocycles. The summed E-state index contributed by atoms with van der Waals surface area (Å²) in [4.78, 5) is 12.7. The first-order chi connectivity index (χ1) is 11.4. The van der Waals surface area contributed by atoms with Crippen LogP contribution in [-0.4, -0.2) is 34.1 Å². The van der Waals surface area contributed by atoms with Gasteiger partial charge >= 0.3 is 0 Å². The number of hydrogen-bond donors (Lipinski definition) is 2. The molecule has 9 heteroatoms. The molecule has 0 atom stereocenters. The van der Waals surface area contributed by atoms with Gasteiger partial charge in [-0.25, -0.2) is 9.37 Å². The third-order valence-electron chi connectivity index (χ3n) is 3.64. The maximum Gasteiger partial charge on any atom is 0.250 e. The average molecular weight is 391 g/mol. The van der Waals surface area contributed by atoms with E-state index in [1.54, 1.807) is 12.1 Å². The normalized spacial score (nSPS) is 16.2. The maximum atomic E-state index is 13.5. The smallest absolute Gasteiger partial charge is 0.250 e. The second-order valence-electron chi connectivity index (χ2n) is 5.48. The number of alkyl halides is 3. The molecule has 1 saturated heterocycles. The predicted molar refractivity (Wildman–Crippen MR) is 94.0 cm³/mol. The molecular weight excluding hydrogens is 376 g/mol. The predicted octanol–water partition coefficient (Wildman–Crippen LogP) is 3.67. The molecule has 1 aromatic heterocycles. The average Bonchev–Trinajstić information content (AvgIpc) is 2.55. The molecule has 24 heavy (non-hydrogen) atoms. The van der Waals surface area contributed by atoms with Gasteiger partial charge in [-0.1, -0.05) is 46.9 Å². The Bertz CT molecular complexity index is 716. The molecule has 128 valence electrons. The minimum absolute atomic E-state index is 0.00167. The fourth-order valence-corrected chi connectivity index (χ4v) is 2.73. The van der Waals surface area contributed by atoms with E-state index in [0.29, 0.717) is 11.5 Å². The summed E-state index contributed by atoms with van der Waals surface area (Å²) in [5, 5.41) is 6.53. The Hall–Kier alpha value is -1.21. The monoisotopic (exact) mass is 389 g/mol. The maximum absolute atomic E-state index is 13.5. The summed E-state index contributed by atoms with van der Waals surface area (Å²) in [6.45, 7) is 1.83. The van der Waals surface area contributed by atoms with Crippen molar-refractivity contribution in [1.82, 2.24) is 20.3 Å². The largest absolute Gasteiger partial charge is 0.351 e. The summed E-state index contributed by atoms with van der Waals surface area (Å²) >= 11 is 17.8. The van der Waals surface area contributed by atoms with E-state index in [1.165, 1.54) is 12.1 Å². The third-order valence-corrected chi connectivity index (χ3v) is 4.15. The van der Waals surface area contributed by atoms with Gasteiger partial charge in [0.1, 0.15) is 5.82 Å². The van der Waals surface area contributed by atoms with E-state index in [4.69, 9.17) is 34.8 Å². The third kappa shape index (κ3) is 4.45. The molecule has 0 bridgehead atoms. The molecule has 0 unspecified atom stereocenters. The van der Waals surface area contributed by atoms with Crippen molar-refractivity contribution < 1.29 is 4.39 Å². The van der Waals surface area contributed by atoms with Crippen LogP contribution in [0, 0.1) is 5.82 Å². The summed E-state index contributed by atoms with van der Waals surface area (Å²) in [7, 11) is 0. The van der Waals surface area contributed by atoms with E-state index in [-0.39, 0.29) is 17.7 Å². The van der Waals surface area contributed by atoms with Crippen molar-refractivity contribution in [2.45, 2.75) is 22.7 Å². The van der Waals surface area contributed by atoms with Crippen molar-refractivity contribution in [3.05, 3.63) is 35.9 Å². The molecule has 2 N–H and O–H groups in total. The highest BCUT2D eigenvalue weighted by Gasteiger charge is 2.29. The van der Waals surface area contributed by atoms with Gasteiger partial charge in [0, 0.05) is 11.6 Å². The van der Waals surface area contributed by atoms with Crippen LogP contribution < -0.4 is 10.6 Å². The Labute approximate surface area is 154 Å². The number of benzene rings is 1. The van der Waals surface area contributed by atoms with Crippen LogP contribution in [0.25, 0.3) is 11.4 Å². The zero-order chi connectivity index (χ0) is 17.2. The van der Waals surface area contributed by atoms with Crippen molar-refractivity contribution in [1.29, 1.82) is 0 Å². The number of nitrogens with zero attached hydrogens (tertiary/aromatic N) is 3. The molecule has 0 saturated carbocycles. The number of rotatable bonds is 3. The van der Waals surface area contributed by atoms with E-state index in [0.717, 1.165) is 25.9 Å². The SMILES string of the molecule is Fc1cccc(-c2nc(NC3CCNCC3)nc(C(Cl)(Cl)Cl)n2)c1. The molecule has 1 aliphatic rings. The molecular formula is C15H15Cl3FN5. The molecule has 3 rings (SSSR count). The lowest BCUT2D eigenvalue weighted by molar-refractivity contribution is 0.477. The van der Waals surface area contributed by atoms with Gasteiger partial charge in [0.05, 0.1) is 0 Å². The minimum atomic E-state index is -1.80. The van der Waals surface area contributed by atoms with Gasteiger partial charge in [-0.2, -0.15) is 9.97 Å². The highest BCUT2D eigenvalue weighted by Crippen LogP contribution is 2.37. The molecule has 1 aromatic carbocycles. The van der Waals surface area contributed by atoms with Crippen molar-refractivity contribution in [3.8, 4) is 11.4 Å². The highest BCUT2D eigenvalue weighted by atomic mass is 35.6. The van der Waals surface area contributed by atoms with Crippen molar-refractivity contribution in [3.63, 3.8) is 0 Å². The topological polar surface area (TPSA) is 62.7 Å². The second kappa shape index (κ2) is 7.35. The first kappa shape index (κ1) is 17.6. The number of hydrogen-bond acceptors (Lipinski definition) is 5. The van der Waals surface area contributed by atoms with E-state index in [1.807, 2.05) is 0 Å². The fraction of sp³-hybridized carbons (Fsp3) is 0.400. The van der Waals surface area contributed by atoms with E-state index in [2.05, 4.69) is 25.6 Å². The molecule has 5 nitrogen and oxygen atoms in total. The number of anilines is 1. The minimum Gasteiger partial charge on any atom is -0.351 e. The van der Waals surface area contributed by atoms with Gasteiger partial charge in [0.25, 0.3) is 0 Å². The van der Waals surface area contributed by atoms with Crippen molar-refractivity contribution >= 4 is 40.8 Å². The number of nitrogens with one attached hydrogen (secondary N) is 2. The molecule has 0 radical (unpaired) electrons. The van der Waals surface area contributed by atoms with Crippen LogP contribution in [0.5, 0.6) is 0 Å². The molecule has 1 fully saturated rings. The van der Waals surface area contributed by atoms with Gasteiger partial charge in [-0.15, -0.1) is 0 Å². The van der Waals surface area contributed by atoms with E-state index < -0.39 is 9.61 Å². The lowest BCUT2D eigenvalue weighted by Crippen LogP contribution is -2.36. The van der Waals surface area contributed by atoms with Crippen LogP contribution in [0.15, 0.2) is 24.3 Å². The van der Waals surface area contributed by atoms with Crippen LogP contribution in [0.2, 0.25) is 0 Å². The van der Waals surface area contributed by atoms with Crippen LogP contribution >= 0.6 is 34.8 Å². The zero-order valence-corrected chi connectivity index (χ0v) is 14.8. The summed E-state index contributed by atoms with van der Waals surface area (Å²) in [6.07, 6.45) is 1.87. The second-order valence-corrected chi connectivity index (χ2v) is 7.76. The summed E-state index contributed by atoms with van der Waals surface area (Å²) in [5.74, 6) is 0.175. The van der Waals surface area contributed by atoms with Crippen molar-refractivity contribution in [2.75, 3.05) is 18.4 Å². The Morgan fingerprint density at radius 1 is 1.12 bits per heavy atom. The Kier molecular flexibility index (Phi) is 5.39. The Morgan fingerprint density at radius 2 is 1.88 bits per heavy atom. The first-order valence-corrected chi connectivity index (χ1v) is 8.62. The first-order valence-electron chi connectivity index (χ1n) is 7.48. The van der Waals surface area contributed by atoms with Gasteiger partial charge in [0.2, 0.25) is 9.74 Å². The number of aromatic nitrogens is 3. The molecule has 0 spiro atoms. The van der Waals surface area contributed by atoms with Crippen LogP contribution in [0.4, 0.5) is 10.3 Å². The summed E-state index contributed by atoms with van der Waals surface area (Å²) < 4.78 is 11.7. The van der Waals surface area contributed by atoms with Crippen LogP contribution in [-0.2, 0) is 3.79 Å². The van der Waals surface area contributed by atoms with Crippen LogP contribution in [0.3, 0.4) is 0 Å². The highest BCUT2D eigenvalue weighted by molar-refractivity contribution is 6.66. The summed E-state index contributed by atoms with van der Waals surface area (Å²) in [6, 6.07) is 6.15. The zero-order valence-electron chi connectivity index (χ0n) is 12.6. The van der Waals surface area contributed by atoms with Crippen LogP contribution in [0.1, 0.15) is 18.7 Å². The Balaban J connectivity index is 1.97. The van der Waals surface area contributed by atoms with Gasteiger partial charge in [0.15, 0.2) is 11.6 Å². The molecule has 2 aromatic rings. The van der Waals surface area contributed by atoms with Gasteiger partial charge < -0.3 is 10.6 Å². The van der Waals surface area contributed by atoms with E-state index in [9.17, 15) is 4.39 Å². The standard InChI is InChI=1S/C15H15Cl3FN5/c16-15(17,18)13-22-12(9-2-1-3-10(19)8-9)23-14(24-13)21-11-4-6-20-7-5-11/h1-3,8,11,20H,4-7H2,(H,21,22,23,24). The fourth-order valence-electron chi connectivity index (χ4n) is 2.47. The summed E-state index contributed by atoms with van der Waals surface area (Å²) in [5.41, 5.74) is 0.487. The number of piperidine rings is 1. The lowest BCUT2D eigenvalue weighted by Gasteiger charge is -2.24. The van der Waals surface area contributed by atoms with Gasteiger partial charge in [-0.3, -0.25) is 0 Å². The van der Waals surface area contributed by atoms with E-state index >= 15 is 0 Å². The quantitative estimate of drug-likeness (QED) is 0.783. The number of halogens is 4.